The summed E-state index contributed by atoms with van der Waals surface area (Å²) >= 11 is 0. The Kier molecular flexibility index (Phi) is 4.37. The van der Waals surface area contributed by atoms with E-state index in [2.05, 4.69) is 29.2 Å². The molecule has 0 aromatic heterocycles. The molecule has 2 aliphatic carbocycles. The Balaban J connectivity index is 1.54. The first kappa shape index (κ1) is 14.8. The molecule has 20 heavy (non-hydrogen) atoms. The van der Waals surface area contributed by atoms with Gasteiger partial charge in [0.2, 0.25) is 0 Å². The molecule has 0 spiro atoms. The average molecular weight is 281 g/mol. The van der Waals surface area contributed by atoms with Crippen molar-refractivity contribution in [3.05, 3.63) is 0 Å². The summed E-state index contributed by atoms with van der Waals surface area (Å²) < 4.78 is 0. The number of rotatable bonds is 8. The second-order valence-electron chi connectivity index (χ2n) is 7.62. The largest absolute Gasteiger partial charge is 0.394 e. The van der Waals surface area contributed by atoms with E-state index in [0.717, 1.165) is 12.5 Å². The maximum atomic E-state index is 10.0. The summed E-state index contributed by atoms with van der Waals surface area (Å²) in [6.07, 6.45) is 6.50. The Morgan fingerprint density at radius 1 is 1.25 bits per heavy atom. The third-order valence-corrected chi connectivity index (χ3v) is 5.32. The standard InChI is InChI=1S/C16H31N3O/c1-18-8-7-13(9-18)10-19(2)11-16(12-20,14-3-4-14)17-15-5-6-15/h13-15,17,20H,3-12H2,1-2H3. The zero-order chi connectivity index (χ0) is 14.2. The molecule has 0 aromatic rings. The van der Waals surface area contributed by atoms with Crippen LogP contribution in [0, 0.1) is 11.8 Å². The lowest BCUT2D eigenvalue weighted by Crippen LogP contribution is -2.58. The van der Waals surface area contributed by atoms with Gasteiger partial charge in [-0.2, -0.15) is 0 Å². The Bertz CT molecular complexity index is 330. The lowest BCUT2D eigenvalue weighted by Gasteiger charge is -2.38. The van der Waals surface area contributed by atoms with Gasteiger partial charge in [-0.3, -0.25) is 0 Å². The van der Waals surface area contributed by atoms with Gasteiger partial charge in [0.05, 0.1) is 12.1 Å². The molecule has 116 valence electrons. The molecule has 0 radical (unpaired) electrons. The second kappa shape index (κ2) is 5.91. The van der Waals surface area contributed by atoms with Crippen molar-refractivity contribution in [3.63, 3.8) is 0 Å². The van der Waals surface area contributed by atoms with Crippen molar-refractivity contribution >= 4 is 0 Å². The van der Waals surface area contributed by atoms with Gasteiger partial charge in [-0.1, -0.05) is 0 Å². The highest BCUT2D eigenvalue weighted by Crippen LogP contribution is 2.42. The molecule has 0 amide bonds. The summed E-state index contributed by atoms with van der Waals surface area (Å²) in [7, 11) is 4.45. The molecule has 4 nitrogen and oxygen atoms in total. The van der Waals surface area contributed by atoms with Crippen LogP contribution >= 0.6 is 0 Å². The third kappa shape index (κ3) is 3.53. The predicted octanol–water partition coefficient (Wildman–Crippen LogP) is 0.763. The maximum absolute atomic E-state index is 10.0. The first-order valence-electron chi connectivity index (χ1n) is 8.37. The Labute approximate surface area is 123 Å². The Morgan fingerprint density at radius 2 is 2.00 bits per heavy atom. The monoisotopic (exact) mass is 281 g/mol. The molecule has 1 saturated heterocycles. The quantitative estimate of drug-likeness (QED) is 0.689. The van der Waals surface area contributed by atoms with Gasteiger partial charge in [-0.25, -0.2) is 0 Å². The van der Waals surface area contributed by atoms with Gasteiger partial charge in [0.25, 0.3) is 0 Å². The zero-order valence-electron chi connectivity index (χ0n) is 13.1. The van der Waals surface area contributed by atoms with Crippen molar-refractivity contribution in [1.29, 1.82) is 0 Å². The van der Waals surface area contributed by atoms with E-state index in [1.165, 1.54) is 51.7 Å². The van der Waals surface area contributed by atoms with Gasteiger partial charge in [-0.15, -0.1) is 0 Å². The van der Waals surface area contributed by atoms with Crippen LogP contribution in [-0.4, -0.2) is 73.4 Å². The van der Waals surface area contributed by atoms with E-state index in [1.807, 2.05) is 0 Å². The van der Waals surface area contributed by atoms with E-state index in [-0.39, 0.29) is 5.54 Å². The van der Waals surface area contributed by atoms with Gasteiger partial charge in [-0.05, 0) is 64.6 Å². The second-order valence-corrected chi connectivity index (χ2v) is 7.62. The minimum atomic E-state index is -0.0274. The number of nitrogens with one attached hydrogen (secondary N) is 1. The smallest absolute Gasteiger partial charge is 0.0628 e. The van der Waals surface area contributed by atoms with Crippen LogP contribution < -0.4 is 5.32 Å². The topological polar surface area (TPSA) is 38.7 Å². The Morgan fingerprint density at radius 3 is 2.50 bits per heavy atom. The summed E-state index contributed by atoms with van der Waals surface area (Å²) in [5, 5.41) is 13.8. The highest BCUT2D eigenvalue weighted by atomic mass is 16.3. The molecule has 2 saturated carbocycles. The van der Waals surface area contributed by atoms with Crippen LogP contribution in [0.15, 0.2) is 0 Å². The third-order valence-electron chi connectivity index (χ3n) is 5.32. The lowest BCUT2D eigenvalue weighted by atomic mass is 9.92. The van der Waals surface area contributed by atoms with E-state index < -0.39 is 0 Å². The fourth-order valence-electron chi connectivity index (χ4n) is 3.95. The van der Waals surface area contributed by atoms with Crippen LogP contribution in [0.2, 0.25) is 0 Å². The molecule has 2 unspecified atom stereocenters. The number of nitrogens with zero attached hydrogens (tertiary/aromatic N) is 2. The molecule has 0 bridgehead atoms. The van der Waals surface area contributed by atoms with Crippen LogP contribution in [0.1, 0.15) is 32.1 Å². The number of likely N-dealkylation sites (N-methyl/N-ethyl adjacent to an activating group) is 1. The number of likely N-dealkylation sites (tertiary alicyclic amines) is 1. The molecular formula is C16H31N3O. The number of aliphatic hydroxyl groups excluding tert-OH is 1. The van der Waals surface area contributed by atoms with E-state index in [4.69, 9.17) is 0 Å². The molecule has 4 heteroatoms. The first-order chi connectivity index (χ1) is 9.61. The van der Waals surface area contributed by atoms with E-state index in [0.29, 0.717) is 18.6 Å². The lowest BCUT2D eigenvalue weighted by molar-refractivity contribution is 0.0932. The minimum Gasteiger partial charge on any atom is -0.394 e. The normalized spacial score (nSPS) is 30.9. The van der Waals surface area contributed by atoms with Gasteiger partial charge in [0.15, 0.2) is 0 Å². The first-order valence-corrected chi connectivity index (χ1v) is 8.37. The van der Waals surface area contributed by atoms with Crippen molar-refractivity contribution in [3.8, 4) is 0 Å². The molecule has 3 aliphatic rings. The zero-order valence-corrected chi connectivity index (χ0v) is 13.1. The number of hydrogen-bond donors (Lipinski definition) is 2. The van der Waals surface area contributed by atoms with E-state index in [1.54, 1.807) is 0 Å². The minimum absolute atomic E-state index is 0.0274. The average Bonchev–Trinajstić information content (AvgIpc) is 3.30. The summed E-state index contributed by atoms with van der Waals surface area (Å²) in [6.45, 7) is 4.95. The van der Waals surface area contributed by atoms with Crippen molar-refractivity contribution in [2.45, 2.75) is 43.7 Å². The van der Waals surface area contributed by atoms with Crippen LogP contribution in [0.5, 0.6) is 0 Å². The molecule has 3 rings (SSSR count). The fraction of sp³-hybridized carbons (Fsp3) is 1.00. The van der Waals surface area contributed by atoms with Gasteiger partial charge in [0, 0.05) is 25.7 Å². The summed E-state index contributed by atoms with van der Waals surface area (Å²) in [5.74, 6) is 1.50. The Hall–Kier alpha value is -0.160. The van der Waals surface area contributed by atoms with E-state index in [9.17, 15) is 5.11 Å². The predicted molar refractivity (Wildman–Crippen MR) is 81.8 cm³/mol. The summed E-state index contributed by atoms with van der Waals surface area (Å²) in [6, 6.07) is 0.675. The van der Waals surface area contributed by atoms with Gasteiger partial charge < -0.3 is 20.2 Å². The van der Waals surface area contributed by atoms with Gasteiger partial charge >= 0.3 is 0 Å². The van der Waals surface area contributed by atoms with Crippen molar-refractivity contribution in [2.24, 2.45) is 11.8 Å². The van der Waals surface area contributed by atoms with Crippen molar-refractivity contribution in [1.82, 2.24) is 15.1 Å². The molecule has 1 heterocycles. The van der Waals surface area contributed by atoms with E-state index >= 15 is 0 Å². The molecular weight excluding hydrogens is 250 g/mol. The van der Waals surface area contributed by atoms with Crippen molar-refractivity contribution < 1.29 is 5.11 Å². The van der Waals surface area contributed by atoms with Crippen LogP contribution in [0.4, 0.5) is 0 Å². The molecule has 3 fully saturated rings. The van der Waals surface area contributed by atoms with Crippen LogP contribution in [0.25, 0.3) is 0 Å². The van der Waals surface area contributed by atoms with Gasteiger partial charge in [0.1, 0.15) is 0 Å². The summed E-state index contributed by atoms with van der Waals surface area (Å²) in [5.41, 5.74) is -0.0274. The molecule has 1 aliphatic heterocycles. The maximum Gasteiger partial charge on any atom is 0.0628 e. The highest BCUT2D eigenvalue weighted by molar-refractivity contribution is 5.06. The highest BCUT2D eigenvalue weighted by Gasteiger charge is 2.47. The number of hydrogen-bond acceptors (Lipinski definition) is 4. The fourth-order valence-corrected chi connectivity index (χ4v) is 3.95. The number of aliphatic hydroxyl groups is 1. The van der Waals surface area contributed by atoms with Crippen molar-refractivity contribution in [2.75, 3.05) is 46.9 Å². The van der Waals surface area contributed by atoms with Crippen LogP contribution in [0.3, 0.4) is 0 Å². The summed E-state index contributed by atoms with van der Waals surface area (Å²) in [4.78, 5) is 4.90. The molecule has 2 N–H and O–H groups in total. The molecule has 2 atom stereocenters. The SMILES string of the molecule is CN1CCC(CN(C)CC(CO)(NC2CC2)C2CC2)C1. The molecule has 0 aromatic carbocycles. The van der Waals surface area contributed by atoms with Crippen LogP contribution in [-0.2, 0) is 0 Å².